The fourth-order valence-electron chi connectivity index (χ4n) is 4.16. The first-order valence-corrected chi connectivity index (χ1v) is 10.1. The van der Waals surface area contributed by atoms with E-state index < -0.39 is 6.10 Å². The van der Waals surface area contributed by atoms with Crippen molar-refractivity contribution in [3.05, 3.63) is 77.1 Å². The number of aryl methyl sites for hydroxylation is 1. The van der Waals surface area contributed by atoms with Crippen molar-refractivity contribution in [2.24, 2.45) is 7.05 Å². The molecule has 7 nitrogen and oxygen atoms in total. The van der Waals surface area contributed by atoms with Crippen molar-refractivity contribution < 1.29 is 9.13 Å². The predicted molar refractivity (Wildman–Crippen MR) is 117 cm³/mol. The van der Waals surface area contributed by atoms with Gasteiger partial charge in [0.2, 0.25) is 0 Å². The summed E-state index contributed by atoms with van der Waals surface area (Å²) in [4.78, 5) is 8.89. The Morgan fingerprint density at radius 2 is 2.09 bits per heavy atom. The molecular formula is C24H19FN6O. The number of ether oxygens (including phenoxy) is 1. The number of benzene rings is 1. The van der Waals surface area contributed by atoms with Gasteiger partial charge in [0.05, 0.1) is 11.4 Å². The van der Waals surface area contributed by atoms with Crippen LogP contribution in [0.25, 0.3) is 22.4 Å². The van der Waals surface area contributed by atoms with Gasteiger partial charge in [0.15, 0.2) is 11.6 Å². The summed E-state index contributed by atoms with van der Waals surface area (Å²) in [5.74, 6) is 0.193. The summed E-state index contributed by atoms with van der Waals surface area (Å²) in [6.45, 7) is 1.83. The van der Waals surface area contributed by atoms with Gasteiger partial charge in [0, 0.05) is 48.1 Å². The second-order valence-electron chi connectivity index (χ2n) is 7.69. The van der Waals surface area contributed by atoms with Crippen LogP contribution in [0, 0.1) is 17.1 Å². The van der Waals surface area contributed by atoms with E-state index in [4.69, 9.17) is 10.5 Å². The molecule has 1 atom stereocenters. The van der Waals surface area contributed by atoms with E-state index in [1.54, 1.807) is 36.3 Å². The van der Waals surface area contributed by atoms with Gasteiger partial charge in [-0.1, -0.05) is 6.07 Å². The number of fused-ring (bicyclic) bond motifs is 7. The van der Waals surface area contributed by atoms with Crippen molar-refractivity contribution in [2.75, 3.05) is 5.73 Å². The second-order valence-corrected chi connectivity index (χ2v) is 7.69. The molecule has 0 amide bonds. The molecule has 2 N–H and O–H groups in total. The van der Waals surface area contributed by atoms with E-state index in [2.05, 4.69) is 21.1 Å². The summed E-state index contributed by atoms with van der Waals surface area (Å²) in [7, 11) is 1.73. The van der Waals surface area contributed by atoms with E-state index in [1.807, 2.05) is 19.1 Å². The zero-order valence-electron chi connectivity index (χ0n) is 17.5. The van der Waals surface area contributed by atoms with Crippen LogP contribution in [0.2, 0.25) is 0 Å². The van der Waals surface area contributed by atoms with Crippen LogP contribution in [0.5, 0.6) is 5.75 Å². The molecule has 4 aromatic rings. The number of hydrogen-bond acceptors (Lipinski definition) is 6. The minimum absolute atomic E-state index is 0.207. The molecule has 1 aliphatic heterocycles. The Labute approximate surface area is 183 Å². The van der Waals surface area contributed by atoms with E-state index in [0.29, 0.717) is 45.9 Å². The summed E-state index contributed by atoms with van der Waals surface area (Å²) in [5.41, 5.74) is 11.6. The molecule has 4 heterocycles. The summed E-state index contributed by atoms with van der Waals surface area (Å²) < 4.78 is 21.9. The third-order valence-electron chi connectivity index (χ3n) is 5.66. The normalized spacial score (nSPS) is 14.6. The molecule has 0 fully saturated rings. The van der Waals surface area contributed by atoms with Gasteiger partial charge in [-0.15, -0.1) is 0 Å². The van der Waals surface area contributed by atoms with Crippen molar-refractivity contribution in [3.8, 4) is 34.2 Å². The molecule has 1 aliphatic rings. The number of halogens is 1. The van der Waals surface area contributed by atoms with E-state index in [0.717, 1.165) is 11.1 Å². The second kappa shape index (κ2) is 7.46. The first kappa shape index (κ1) is 19.7. The van der Waals surface area contributed by atoms with Crippen LogP contribution in [-0.4, -0.2) is 19.7 Å². The number of hydrogen-bond donors (Lipinski definition) is 1. The van der Waals surface area contributed by atoms with E-state index >= 15 is 0 Å². The van der Waals surface area contributed by atoms with Crippen LogP contribution in [0.4, 0.5) is 10.2 Å². The zero-order valence-corrected chi connectivity index (χ0v) is 17.5. The molecule has 1 unspecified atom stereocenters. The number of aromatic nitrogens is 4. The fraction of sp³-hybridized carbons (Fsp3) is 0.167. The summed E-state index contributed by atoms with van der Waals surface area (Å²) >= 11 is 0. The number of rotatable bonds is 0. The van der Waals surface area contributed by atoms with Gasteiger partial charge in [0.25, 0.3) is 0 Å². The molecule has 8 heteroatoms. The average molecular weight is 426 g/mol. The Hall–Kier alpha value is -4.25. The summed E-state index contributed by atoms with van der Waals surface area (Å²) in [6, 6.07) is 12.4. The molecule has 1 aromatic carbocycles. The molecule has 2 bridgehead atoms. The van der Waals surface area contributed by atoms with Crippen molar-refractivity contribution in [1.29, 1.82) is 5.26 Å². The van der Waals surface area contributed by atoms with Crippen LogP contribution in [0.15, 0.2) is 48.8 Å². The van der Waals surface area contributed by atoms with E-state index in [-0.39, 0.29) is 11.6 Å². The zero-order chi connectivity index (χ0) is 22.4. The van der Waals surface area contributed by atoms with Crippen molar-refractivity contribution >= 4 is 5.82 Å². The highest BCUT2D eigenvalue weighted by Gasteiger charge is 2.24. The smallest absolute Gasteiger partial charge is 0.166 e. The van der Waals surface area contributed by atoms with Gasteiger partial charge in [0.1, 0.15) is 23.7 Å². The largest absolute Gasteiger partial charge is 0.482 e. The van der Waals surface area contributed by atoms with E-state index in [1.165, 1.54) is 12.1 Å². The lowest BCUT2D eigenvalue weighted by Crippen LogP contribution is -2.10. The van der Waals surface area contributed by atoms with Gasteiger partial charge in [-0.2, -0.15) is 10.4 Å². The van der Waals surface area contributed by atoms with Crippen molar-refractivity contribution in [3.63, 3.8) is 0 Å². The minimum Gasteiger partial charge on any atom is -0.482 e. The first-order chi connectivity index (χ1) is 15.5. The van der Waals surface area contributed by atoms with Crippen molar-refractivity contribution in [2.45, 2.75) is 19.4 Å². The number of nitrogen functional groups attached to an aromatic ring is 1. The molecule has 3 aromatic heterocycles. The van der Waals surface area contributed by atoms with Gasteiger partial charge in [-0.05, 0) is 42.8 Å². The summed E-state index contributed by atoms with van der Waals surface area (Å²) in [5, 5.41) is 14.4. The maximum atomic E-state index is 14.2. The Bertz CT molecular complexity index is 1400. The highest BCUT2D eigenvalue weighted by atomic mass is 19.1. The maximum absolute atomic E-state index is 14.2. The lowest BCUT2D eigenvalue weighted by molar-refractivity contribution is 0.227. The maximum Gasteiger partial charge on any atom is 0.166 e. The quantitative estimate of drug-likeness (QED) is 0.452. The van der Waals surface area contributed by atoms with Crippen LogP contribution in [0.1, 0.15) is 35.5 Å². The number of anilines is 1. The number of nitriles is 1. The molecule has 0 radical (unpaired) electrons. The van der Waals surface area contributed by atoms with Gasteiger partial charge >= 0.3 is 0 Å². The Morgan fingerprint density at radius 3 is 2.91 bits per heavy atom. The Kier molecular flexibility index (Phi) is 4.59. The van der Waals surface area contributed by atoms with Crippen LogP contribution >= 0.6 is 0 Å². The van der Waals surface area contributed by atoms with Crippen LogP contribution in [0.3, 0.4) is 0 Å². The highest BCUT2D eigenvalue weighted by molar-refractivity contribution is 5.75. The minimum atomic E-state index is -0.530. The molecule has 158 valence electrons. The monoisotopic (exact) mass is 426 g/mol. The standard InChI is InChI=1S/C24H19FN6O/c1-13-18-10-16(25)5-6-17(18)23-14(4-3-7-28-23)8-19-22(20(11-26)31(2)30-19)15-9-21(32-13)24(27)29-12-15/h3-7,9-10,12-13H,8H2,1-2H3,(H2,27,29). The predicted octanol–water partition coefficient (Wildman–Crippen LogP) is 4.18. The molecular weight excluding hydrogens is 407 g/mol. The Morgan fingerprint density at radius 1 is 1.25 bits per heavy atom. The third-order valence-corrected chi connectivity index (χ3v) is 5.66. The molecule has 0 saturated heterocycles. The van der Waals surface area contributed by atoms with Gasteiger partial charge in [-0.3, -0.25) is 9.67 Å². The molecule has 32 heavy (non-hydrogen) atoms. The Balaban J connectivity index is 1.84. The van der Waals surface area contributed by atoms with Gasteiger partial charge < -0.3 is 10.5 Å². The average Bonchev–Trinajstić information content (AvgIpc) is 3.09. The lowest BCUT2D eigenvalue weighted by atomic mass is 9.93. The van der Waals surface area contributed by atoms with Crippen LogP contribution < -0.4 is 10.5 Å². The SMILES string of the molecule is CC1Oc2cc(cnc2N)-c2c(nn(C)c2C#N)Cc2cccnc2-c2ccc(F)cc21. The van der Waals surface area contributed by atoms with Gasteiger partial charge in [-0.25, -0.2) is 9.37 Å². The summed E-state index contributed by atoms with van der Waals surface area (Å²) in [6.07, 6.45) is 3.21. The molecule has 0 aliphatic carbocycles. The molecule has 5 rings (SSSR count). The topological polar surface area (TPSA) is 103 Å². The molecule has 0 spiro atoms. The number of pyridine rings is 2. The van der Waals surface area contributed by atoms with Crippen molar-refractivity contribution in [1.82, 2.24) is 19.7 Å². The van der Waals surface area contributed by atoms with Crippen LogP contribution in [-0.2, 0) is 13.5 Å². The van der Waals surface area contributed by atoms with E-state index in [9.17, 15) is 9.65 Å². The fourth-order valence-corrected chi connectivity index (χ4v) is 4.16. The lowest BCUT2D eigenvalue weighted by Gasteiger charge is -2.21. The first-order valence-electron chi connectivity index (χ1n) is 10.1. The molecule has 0 saturated carbocycles. The highest BCUT2D eigenvalue weighted by Crippen LogP contribution is 2.38. The number of nitrogens with zero attached hydrogens (tertiary/aromatic N) is 5. The third kappa shape index (κ3) is 3.15. The number of nitrogens with two attached hydrogens (primary N) is 1.